The normalized spacial score (nSPS) is 21.4. The zero-order valence-corrected chi connectivity index (χ0v) is 10.8. The van der Waals surface area contributed by atoms with E-state index in [4.69, 9.17) is 16.3 Å². The van der Waals surface area contributed by atoms with Gasteiger partial charge in [-0.25, -0.2) is 0 Å². The van der Waals surface area contributed by atoms with Crippen LogP contribution in [0.15, 0.2) is 29.2 Å². The molecule has 2 atom stereocenters. The minimum Gasteiger partial charge on any atom is -0.381 e. The van der Waals surface area contributed by atoms with E-state index in [1.54, 1.807) is 24.3 Å². The molecule has 0 saturated carbocycles. The molecule has 1 aromatic carbocycles. The Labute approximate surface area is 108 Å². The largest absolute Gasteiger partial charge is 0.381 e. The summed E-state index contributed by atoms with van der Waals surface area (Å²) < 4.78 is 17.1. The van der Waals surface area contributed by atoms with Crippen molar-refractivity contribution in [3.63, 3.8) is 0 Å². The molecule has 17 heavy (non-hydrogen) atoms. The molecule has 0 spiro atoms. The van der Waals surface area contributed by atoms with Crippen LogP contribution in [0.5, 0.6) is 0 Å². The second-order valence-corrected chi connectivity index (χ2v) is 5.86. The van der Waals surface area contributed by atoms with Crippen LogP contribution < -0.4 is 0 Å². The molecule has 1 heterocycles. The third-order valence-electron chi connectivity index (χ3n) is 2.72. The van der Waals surface area contributed by atoms with E-state index in [0.717, 1.165) is 6.42 Å². The van der Waals surface area contributed by atoms with Gasteiger partial charge >= 0.3 is 0 Å². The minimum atomic E-state index is -1.31. The summed E-state index contributed by atoms with van der Waals surface area (Å²) in [5.74, 6) is -0.0205. The lowest BCUT2D eigenvalue weighted by molar-refractivity contribution is -0.120. The van der Waals surface area contributed by atoms with E-state index < -0.39 is 10.8 Å². The van der Waals surface area contributed by atoms with Crippen molar-refractivity contribution in [2.75, 3.05) is 19.0 Å². The monoisotopic (exact) mass is 272 g/mol. The van der Waals surface area contributed by atoms with Gasteiger partial charge in [0.2, 0.25) is 0 Å². The molecule has 0 aromatic heterocycles. The van der Waals surface area contributed by atoms with Crippen LogP contribution in [0.25, 0.3) is 0 Å². The highest BCUT2D eigenvalue weighted by Crippen LogP contribution is 2.17. The van der Waals surface area contributed by atoms with E-state index in [1.807, 2.05) is 0 Å². The Morgan fingerprint density at radius 3 is 3.00 bits per heavy atom. The maximum atomic E-state index is 12.0. The molecule has 0 N–H and O–H groups in total. The number of ketones is 1. The van der Waals surface area contributed by atoms with Crippen LogP contribution in [0, 0.1) is 5.92 Å². The topological polar surface area (TPSA) is 43.4 Å². The Balaban J connectivity index is 1.99. The third kappa shape index (κ3) is 3.37. The summed E-state index contributed by atoms with van der Waals surface area (Å²) in [5.41, 5.74) is 0. The van der Waals surface area contributed by atoms with Gasteiger partial charge in [-0.05, 0) is 24.6 Å². The van der Waals surface area contributed by atoms with Crippen LogP contribution in [0.4, 0.5) is 0 Å². The van der Waals surface area contributed by atoms with E-state index in [1.165, 1.54) is 0 Å². The number of hydrogen-bond acceptors (Lipinski definition) is 3. The molecule has 1 aromatic rings. The molecule has 2 unspecified atom stereocenters. The molecule has 0 amide bonds. The van der Waals surface area contributed by atoms with Gasteiger partial charge in [-0.15, -0.1) is 0 Å². The van der Waals surface area contributed by atoms with Crippen LogP contribution >= 0.6 is 11.6 Å². The van der Waals surface area contributed by atoms with Gasteiger partial charge in [0.05, 0.1) is 23.2 Å². The fourth-order valence-corrected chi connectivity index (χ4v) is 3.13. The van der Waals surface area contributed by atoms with Gasteiger partial charge in [-0.1, -0.05) is 17.7 Å². The lowest BCUT2D eigenvalue weighted by Crippen LogP contribution is -2.21. The van der Waals surface area contributed by atoms with Crippen LogP contribution in [-0.2, 0) is 20.3 Å². The molecular weight excluding hydrogens is 260 g/mol. The maximum Gasteiger partial charge on any atom is 0.151 e. The molecular formula is C12H13ClO3S. The van der Waals surface area contributed by atoms with E-state index >= 15 is 0 Å². The number of ether oxygens (including phenoxy) is 1. The van der Waals surface area contributed by atoms with Crippen molar-refractivity contribution >= 4 is 28.2 Å². The van der Waals surface area contributed by atoms with Crippen molar-refractivity contribution < 1.29 is 13.7 Å². The predicted octanol–water partition coefficient (Wildman–Crippen LogP) is 2.05. The van der Waals surface area contributed by atoms with E-state index in [-0.39, 0.29) is 17.5 Å². The zero-order chi connectivity index (χ0) is 12.3. The highest BCUT2D eigenvalue weighted by atomic mass is 35.5. The second-order valence-electron chi connectivity index (χ2n) is 3.97. The number of carbonyl (C=O) groups is 1. The summed E-state index contributed by atoms with van der Waals surface area (Å²) in [4.78, 5) is 12.4. The standard InChI is InChI=1S/C12H13ClO3S/c13-10-2-1-3-11(6-10)17(15)8-12(14)9-4-5-16-7-9/h1-3,6,9H,4-5,7-8H2. The molecule has 92 valence electrons. The summed E-state index contributed by atoms with van der Waals surface area (Å²) >= 11 is 5.81. The van der Waals surface area contributed by atoms with Gasteiger partial charge < -0.3 is 4.74 Å². The van der Waals surface area contributed by atoms with Crippen molar-refractivity contribution in [2.45, 2.75) is 11.3 Å². The molecule has 0 bridgehead atoms. The van der Waals surface area contributed by atoms with Crippen molar-refractivity contribution in [3.05, 3.63) is 29.3 Å². The van der Waals surface area contributed by atoms with Crippen LogP contribution in [0.2, 0.25) is 5.02 Å². The summed E-state index contributed by atoms with van der Waals surface area (Å²) in [6.45, 7) is 1.09. The van der Waals surface area contributed by atoms with Gasteiger partial charge in [0.1, 0.15) is 0 Å². The number of benzene rings is 1. The van der Waals surface area contributed by atoms with Crippen molar-refractivity contribution in [1.82, 2.24) is 0 Å². The lowest BCUT2D eigenvalue weighted by atomic mass is 10.1. The molecule has 3 nitrogen and oxygen atoms in total. The number of halogens is 1. The number of carbonyl (C=O) groups excluding carboxylic acids is 1. The highest BCUT2D eigenvalue weighted by molar-refractivity contribution is 7.85. The molecule has 2 rings (SSSR count). The Hall–Kier alpha value is -0.710. The Kier molecular flexibility index (Phi) is 4.31. The minimum absolute atomic E-state index is 0.0146. The third-order valence-corrected chi connectivity index (χ3v) is 4.28. The Morgan fingerprint density at radius 1 is 1.53 bits per heavy atom. The smallest absolute Gasteiger partial charge is 0.151 e. The Bertz CT molecular complexity index is 441. The first-order chi connectivity index (χ1) is 8.16. The molecule has 1 saturated heterocycles. The van der Waals surface area contributed by atoms with E-state index in [0.29, 0.717) is 23.1 Å². The van der Waals surface area contributed by atoms with Crippen LogP contribution in [0.1, 0.15) is 6.42 Å². The lowest BCUT2D eigenvalue weighted by Gasteiger charge is -2.06. The first kappa shape index (κ1) is 12.7. The summed E-state index contributed by atoms with van der Waals surface area (Å²) in [6.07, 6.45) is 0.742. The fraction of sp³-hybridized carbons (Fsp3) is 0.417. The Morgan fingerprint density at radius 2 is 2.35 bits per heavy atom. The molecule has 0 radical (unpaired) electrons. The van der Waals surface area contributed by atoms with Crippen molar-refractivity contribution in [3.8, 4) is 0 Å². The van der Waals surface area contributed by atoms with Gasteiger partial charge in [-0.2, -0.15) is 0 Å². The van der Waals surface area contributed by atoms with E-state index in [2.05, 4.69) is 0 Å². The quantitative estimate of drug-likeness (QED) is 0.843. The molecule has 0 aliphatic carbocycles. The van der Waals surface area contributed by atoms with Crippen LogP contribution in [0.3, 0.4) is 0 Å². The van der Waals surface area contributed by atoms with E-state index in [9.17, 15) is 9.00 Å². The summed E-state index contributed by atoms with van der Waals surface area (Å²) in [6, 6.07) is 6.81. The average molecular weight is 273 g/mol. The fourth-order valence-electron chi connectivity index (χ4n) is 1.73. The highest BCUT2D eigenvalue weighted by Gasteiger charge is 2.25. The number of hydrogen-bond donors (Lipinski definition) is 0. The maximum absolute atomic E-state index is 12.0. The summed E-state index contributed by atoms with van der Waals surface area (Å²) in [7, 11) is -1.31. The molecule has 1 fully saturated rings. The summed E-state index contributed by atoms with van der Waals surface area (Å²) in [5, 5.41) is 0.535. The molecule has 1 aliphatic rings. The predicted molar refractivity (Wildman–Crippen MR) is 66.7 cm³/mol. The molecule has 5 heteroatoms. The van der Waals surface area contributed by atoms with Crippen LogP contribution in [-0.4, -0.2) is 29.0 Å². The zero-order valence-electron chi connectivity index (χ0n) is 9.23. The van der Waals surface area contributed by atoms with Gasteiger partial charge in [0.25, 0.3) is 0 Å². The van der Waals surface area contributed by atoms with Gasteiger partial charge in [0.15, 0.2) is 5.78 Å². The van der Waals surface area contributed by atoms with Gasteiger partial charge in [-0.3, -0.25) is 9.00 Å². The second kappa shape index (κ2) is 5.76. The average Bonchev–Trinajstić information content (AvgIpc) is 2.82. The SMILES string of the molecule is O=C(CS(=O)c1cccc(Cl)c1)C1CCOC1. The number of rotatable bonds is 4. The number of Topliss-reactive ketones (excluding diaryl/α,β-unsaturated/α-hetero) is 1. The first-order valence-corrected chi connectivity index (χ1v) is 7.11. The van der Waals surface area contributed by atoms with Gasteiger partial charge in [0, 0.05) is 22.4 Å². The molecule has 1 aliphatic heterocycles. The first-order valence-electron chi connectivity index (χ1n) is 5.41. The van der Waals surface area contributed by atoms with Crippen molar-refractivity contribution in [1.29, 1.82) is 0 Å². The van der Waals surface area contributed by atoms with Crippen molar-refractivity contribution in [2.24, 2.45) is 5.92 Å².